The number of fused-ring (bicyclic) bond motifs is 1. The van der Waals surface area contributed by atoms with Crippen molar-refractivity contribution in [2.45, 2.75) is 51.3 Å². The summed E-state index contributed by atoms with van der Waals surface area (Å²) < 4.78 is 44.1. The molecule has 1 saturated heterocycles. The van der Waals surface area contributed by atoms with Crippen molar-refractivity contribution < 1.29 is 32.6 Å². The van der Waals surface area contributed by atoms with Gasteiger partial charge in [0, 0.05) is 47.4 Å². The number of rotatable bonds is 9. The molecule has 0 bridgehead atoms. The maximum Gasteiger partial charge on any atom is 0.573 e. The highest BCUT2D eigenvalue weighted by atomic mass is 79.9. The zero-order chi connectivity index (χ0) is 28.2. The number of anilines is 1. The Labute approximate surface area is 232 Å². The van der Waals surface area contributed by atoms with Gasteiger partial charge in [-0.1, -0.05) is 34.1 Å². The van der Waals surface area contributed by atoms with Crippen LogP contribution >= 0.6 is 15.9 Å². The van der Waals surface area contributed by atoms with Crippen molar-refractivity contribution in [2.75, 3.05) is 24.5 Å². The van der Waals surface area contributed by atoms with E-state index in [-0.39, 0.29) is 24.9 Å². The van der Waals surface area contributed by atoms with Gasteiger partial charge in [0.05, 0.1) is 11.1 Å². The lowest BCUT2D eigenvalue weighted by Gasteiger charge is -2.30. The number of hydrogen-bond acceptors (Lipinski definition) is 5. The molecule has 11 heteroatoms. The van der Waals surface area contributed by atoms with Crippen LogP contribution in [0.1, 0.15) is 59.5 Å². The second kappa shape index (κ2) is 12.2. The number of piperidine rings is 1. The van der Waals surface area contributed by atoms with Crippen molar-refractivity contribution in [1.82, 2.24) is 10.3 Å². The van der Waals surface area contributed by atoms with Gasteiger partial charge >= 0.3 is 12.3 Å². The van der Waals surface area contributed by atoms with E-state index in [2.05, 4.69) is 30.9 Å². The van der Waals surface area contributed by atoms with E-state index in [1.807, 2.05) is 25.1 Å². The molecule has 4 rings (SSSR count). The van der Waals surface area contributed by atoms with Crippen LogP contribution in [0.4, 0.5) is 19.0 Å². The first-order valence-electron chi connectivity index (χ1n) is 12.7. The molecule has 2 aromatic carbocycles. The Morgan fingerprint density at radius 1 is 1.15 bits per heavy atom. The number of benzene rings is 2. The van der Waals surface area contributed by atoms with Crippen molar-refractivity contribution in [3.63, 3.8) is 0 Å². The van der Waals surface area contributed by atoms with Gasteiger partial charge in [0.25, 0.3) is 5.91 Å². The van der Waals surface area contributed by atoms with Crippen LogP contribution in [0.3, 0.4) is 0 Å². The van der Waals surface area contributed by atoms with E-state index in [9.17, 15) is 27.9 Å². The number of carbonyl (C=O) groups excluding carboxylic acids is 1. The van der Waals surface area contributed by atoms with Crippen LogP contribution in [0.25, 0.3) is 10.9 Å². The number of ether oxygens (including phenoxy) is 1. The lowest BCUT2D eigenvalue weighted by Crippen LogP contribution is -2.33. The van der Waals surface area contributed by atoms with Crippen molar-refractivity contribution in [3.8, 4) is 5.75 Å². The van der Waals surface area contributed by atoms with Gasteiger partial charge in [0.1, 0.15) is 11.6 Å². The first-order valence-corrected chi connectivity index (χ1v) is 13.5. The van der Waals surface area contributed by atoms with E-state index in [0.717, 1.165) is 42.6 Å². The quantitative estimate of drug-likeness (QED) is 0.286. The van der Waals surface area contributed by atoms with E-state index in [4.69, 9.17) is 4.98 Å². The normalized spacial score (nSPS) is 14.7. The molecule has 1 amide bonds. The molecule has 0 radical (unpaired) electrons. The average molecular weight is 608 g/mol. The Kier molecular flexibility index (Phi) is 8.99. The highest BCUT2D eigenvalue weighted by Crippen LogP contribution is 2.35. The number of alkyl halides is 3. The van der Waals surface area contributed by atoms with Gasteiger partial charge in [-0.15, -0.1) is 13.2 Å². The number of halogens is 4. The SMILES string of the molecule is Cc1c(N2CCCCC2)nc2ccc(Br)cc2c1C(=O)NC[C@H](CCC(=O)O)c1ccccc1OC(F)(F)F. The highest BCUT2D eigenvalue weighted by molar-refractivity contribution is 9.10. The lowest BCUT2D eigenvalue weighted by molar-refractivity contribution is -0.275. The number of amides is 1. The van der Waals surface area contributed by atoms with E-state index in [1.54, 1.807) is 6.07 Å². The van der Waals surface area contributed by atoms with Crippen molar-refractivity contribution in [2.24, 2.45) is 0 Å². The van der Waals surface area contributed by atoms with Crippen molar-refractivity contribution in [1.29, 1.82) is 0 Å². The molecule has 0 unspecified atom stereocenters. The van der Waals surface area contributed by atoms with Crippen LogP contribution in [0, 0.1) is 6.92 Å². The Morgan fingerprint density at radius 3 is 2.56 bits per heavy atom. The standard InChI is InChI=1S/C28H29BrF3N3O4/c1-17-25(21-15-19(29)10-11-22(21)34-26(17)35-13-5-2-6-14-35)27(38)33-16-18(9-12-24(36)37)20-7-3-4-8-23(20)39-28(30,31)32/h3-4,7-8,10-11,15,18H,2,5-6,9,12-14,16H2,1H3,(H,33,38)(H,36,37)/t18-/m0/s1. The second-order valence-corrected chi connectivity index (χ2v) is 10.5. The first-order chi connectivity index (χ1) is 18.5. The summed E-state index contributed by atoms with van der Waals surface area (Å²) >= 11 is 3.46. The number of carbonyl (C=O) groups is 2. The monoisotopic (exact) mass is 607 g/mol. The third-order valence-electron chi connectivity index (χ3n) is 6.85. The lowest BCUT2D eigenvalue weighted by atomic mass is 9.92. The molecule has 7 nitrogen and oxygen atoms in total. The Morgan fingerprint density at radius 2 is 1.87 bits per heavy atom. The third kappa shape index (κ3) is 7.20. The molecule has 0 aliphatic carbocycles. The Hall–Kier alpha value is -3.34. The molecule has 2 N–H and O–H groups in total. The smallest absolute Gasteiger partial charge is 0.481 e. The number of pyridine rings is 1. The molecule has 3 aromatic rings. The molecule has 1 atom stereocenters. The van der Waals surface area contributed by atoms with Gasteiger partial charge in [0.15, 0.2) is 0 Å². The van der Waals surface area contributed by atoms with E-state index < -0.39 is 29.9 Å². The molecular weight excluding hydrogens is 579 g/mol. The maximum atomic E-state index is 13.7. The minimum absolute atomic E-state index is 0.00843. The van der Waals surface area contributed by atoms with Crippen LogP contribution in [-0.4, -0.2) is 48.0 Å². The van der Waals surface area contributed by atoms with Gasteiger partial charge in [-0.2, -0.15) is 0 Å². The predicted octanol–water partition coefficient (Wildman–Crippen LogP) is 6.57. The predicted molar refractivity (Wildman–Crippen MR) is 145 cm³/mol. The number of carboxylic acids is 1. The summed E-state index contributed by atoms with van der Waals surface area (Å²) in [7, 11) is 0. The molecule has 2 heterocycles. The Balaban J connectivity index is 1.68. The van der Waals surface area contributed by atoms with Crippen LogP contribution in [-0.2, 0) is 4.79 Å². The minimum atomic E-state index is -4.91. The summed E-state index contributed by atoms with van der Waals surface area (Å²) in [6.07, 6.45) is -1.99. The number of hydrogen-bond donors (Lipinski definition) is 2. The molecule has 0 spiro atoms. The van der Waals surface area contributed by atoms with E-state index in [0.29, 0.717) is 22.0 Å². The summed E-state index contributed by atoms with van der Waals surface area (Å²) in [5.41, 5.74) is 1.96. The molecule has 1 aliphatic rings. The molecular formula is C28H29BrF3N3O4. The zero-order valence-corrected chi connectivity index (χ0v) is 22.9. The molecule has 1 aliphatic heterocycles. The molecule has 1 aromatic heterocycles. The summed E-state index contributed by atoms with van der Waals surface area (Å²) in [5.74, 6) is -1.92. The van der Waals surface area contributed by atoms with Gasteiger partial charge in [-0.3, -0.25) is 9.59 Å². The number of nitrogens with one attached hydrogen (secondary N) is 1. The Bertz CT molecular complexity index is 1360. The van der Waals surface area contributed by atoms with Gasteiger partial charge in [0.2, 0.25) is 0 Å². The fourth-order valence-electron chi connectivity index (χ4n) is 5.03. The fourth-order valence-corrected chi connectivity index (χ4v) is 5.39. The number of aromatic nitrogens is 1. The molecule has 1 fully saturated rings. The van der Waals surface area contributed by atoms with Crippen LogP contribution in [0.2, 0.25) is 0 Å². The topological polar surface area (TPSA) is 91.8 Å². The number of aliphatic carboxylic acids is 1. The average Bonchev–Trinajstić information content (AvgIpc) is 2.88. The summed E-state index contributed by atoms with van der Waals surface area (Å²) in [6.45, 7) is 3.44. The number of nitrogens with zero attached hydrogens (tertiary/aromatic N) is 2. The maximum absolute atomic E-state index is 13.7. The van der Waals surface area contributed by atoms with Gasteiger partial charge in [-0.05, 0) is 62.4 Å². The fraction of sp³-hybridized carbons (Fsp3) is 0.393. The minimum Gasteiger partial charge on any atom is -0.481 e. The summed E-state index contributed by atoms with van der Waals surface area (Å²) in [4.78, 5) is 32.1. The highest BCUT2D eigenvalue weighted by Gasteiger charge is 2.33. The third-order valence-corrected chi connectivity index (χ3v) is 7.34. The number of carboxylic acid groups (broad SMARTS) is 1. The summed E-state index contributed by atoms with van der Waals surface area (Å²) in [6, 6.07) is 11.1. The van der Waals surface area contributed by atoms with Gasteiger partial charge in [-0.25, -0.2) is 4.98 Å². The van der Waals surface area contributed by atoms with Crippen molar-refractivity contribution in [3.05, 3.63) is 63.6 Å². The van der Waals surface area contributed by atoms with Crippen molar-refractivity contribution >= 4 is 44.5 Å². The molecule has 39 heavy (non-hydrogen) atoms. The van der Waals surface area contributed by atoms with Crippen LogP contribution < -0.4 is 15.0 Å². The second-order valence-electron chi connectivity index (χ2n) is 9.57. The van der Waals surface area contributed by atoms with E-state index >= 15 is 0 Å². The van der Waals surface area contributed by atoms with Crippen LogP contribution in [0.5, 0.6) is 5.75 Å². The van der Waals surface area contributed by atoms with Crippen LogP contribution in [0.15, 0.2) is 46.9 Å². The van der Waals surface area contributed by atoms with E-state index in [1.165, 1.54) is 18.2 Å². The molecule has 0 saturated carbocycles. The molecule has 208 valence electrons. The largest absolute Gasteiger partial charge is 0.573 e. The van der Waals surface area contributed by atoms with Gasteiger partial charge < -0.3 is 20.1 Å². The zero-order valence-electron chi connectivity index (χ0n) is 21.4. The summed E-state index contributed by atoms with van der Waals surface area (Å²) in [5, 5.41) is 12.7. The number of para-hydroxylation sites is 1. The first kappa shape index (κ1) is 28.7.